The second kappa shape index (κ2) is 6.87. The van der Waals surface area contributed by atoms with E-state index in [1.165, 1.54) is 0 Å². The van der Waals surface area contributed by atoms with Gasteiger partial charge in [-0.15, -0.1) is 0 Å². The molecule has 4 amide bonds. The van der Waals surface area contributed by atoms with E-state index in [1.54, 1.807) is 0 Å². The molecule has 7 nitrogen and oxygen atoms in total. The van der Waals surface area contributed by atoms with Crippen molar-refractivity contribution in [3.8, 4) is 5.75 Å². The molecular formula is C20H25N3O4. The second-order valence-electron chi connectivity index (χ2n) is 7.73. The van der Waals surface area contributed by atoms with Gasteiger partial charge in [-0.2, -0.15) is 0 Å². The fraction of sp³-hybridized carbons (Fsp3) is 0.550. The van der Waals surface area contributed by atoms with E-state index >= 15 is 0 Å². The number of amides is 4. The van der Waals surface area contributed by atoms with Crippen LogP contribution in [0.3, 0.4) is 0 Å². The second-order valence-corrected chi connectivity index (χ2v) is 7.73. The molecule has 3 atom stereocenters. The van der Waals surface area contributed by atoms with Crippen LogP contribution in [0, 0.1) is 5.92 Å². The smallest absolute Gasteiger partial charge is 0.325 e. The van der Waals surface area contributed by atoms with Crippen molar-refractivity contribution < 1.29 is 19.1 Å². The Morgan fingerprint density at radius 3 is 2.93 bits per heavy atom. The number of hydrogen-bond donors (Lipinski definition) is 2. The van der Waals surface area contributed by atoms with Crippen LogP contribution in [-0.4, -0.2) is 41.4 Å². The Bertz CT molecular complexity index is 780. The Labute approximate surface area is 158 Å². The number of hydrogen-bond acceptors (Lipinski definition) is 4. The molecule has 1 aromatic carbocycles. The number of ether oxygens (including phenoxy) is 1. The van der Waals surface area contributed by atoms with Crippen LogP contribution in [-0.2, 0) is 9.59 Å². The van der Waals surface area contributed by atoms with E-state index in [0.717, 1.165) is 35.5 Å². The number of imide groups is 1. The van der Waals surface area contributed by atoms with Crippen molar-refractivity contribution in [2.24, 2.45) is 5.92 Å². The highest BCUT2D eigenvalue weighted by Crippen LogP contribution is 2.38. The number of nitrogens with zero attached hydrogens (tertiary/aromatic N) is 1. The molecule has 3 aliphatic rings. The maximum absolute atomic E-state index is 13.0. The van der Waals surface area contributed by atoms with Crippen LogP contribution in [0.25, 0.3) is 0 Å². The first-order chi connectivity index (χ1) is 13.0. The molecule has 4 rings (SSSR count). The minimum absolute atomic E-state index is 0.0816. The van der Waals surface area contributed by atoms with Gasteiger partial charge < -0.3 is 15.4 Å². The van der Waals surface area contributed by atoms with Crippen LogP contribution in [0.2, 0.25) is 0 Å². The van der Waals surface area contributed by atoms with Crippen LogP contribution in [0.4, 0.5) is 4.79 Å². The number of para-hydroxylation sites is 1. The molecule has 0 aromatic heterocycles. The highest BCUT2D eigenvalue weighted by atomic mass is 16.5. The zero-order chi connectivity index (χ0) is 19.0. The Morgan fingerprint density at radius 2 is 2.11 bits per heavy atom. The third-order valence-corrected chi connectivity index (χ3v) is 6.10. The van der Waals surface area contributed by atoms with E-state index in [9.17, 15) is 14.4 Å². The number of benzene rings is 1. The molecule has 7 heteroatoms. The molecule has 2 fully saturated rings. The van der Waals surface area contributed by atoms with Gasteiger partial charge in [-0.3, -0.25) is 14.5 Å². The van der Waals surface area contributed by atoms with Gasteiger partial charge in [-0.1, -0.05) is 38.0 Å². The maximum Gasteiger partial charge on any atom is 0.325 e. The topological polar surface area (TPSA) is 87.7 Å². The van der Waals surface area contributed by atoms with E-state index in [-0.39, 0.29) is 30.3 Å². The minimum Gasteiger partial charge on any atom is -0.493 e. The van der Waals surface area contributed by atoms with Crippen molar-refractivity contribution in [1.29, 1.82) is 0 Å². The zero-order valence-electron chi connectivity index (χ0n) is 15.5. The average molecular weight is 371 g/mol. The first-order valence-corrected chi connectivity index (χ1v) is 9.66. The molecule has 2 aliphatic heterocycles. The van der Waals surface area contributed by atoms with Crippen molar-refractivity contribution in [1.82, 2.24) is 15.5 Å². The number of carbonyl (C=O) groups is 3. The Hall–Kier alpha value is -2.57. The fourth-order valence-corrected chi connectivity index (χ4v) is 4.51. The predicted molar refractivity (Wildman–Crippen MR) is 98.0 cm³/mol. The molecule has 1 aliphatic carbocycles. The number of rotatable bonds is 3. The SMILES string of the molecule is CC1CCCCC12NC(=O)N(CC(=O)NC1CCOc3ccccc31)C2=O. The summed E-state index contributed by atoms with van der Waals surface area (Å²) in [6.07, 6.45) is 4.18. The molecule has 144 valence electrons. The van der Waals surface area contributed by atoms with Crippen LogP contribution in [0.15, 0.2) is 24.3 Å². The van der Waals surface area contributed by atoms with E-state index < -0.39 is 11.6 Å². The lowest BCUT2D eigenvalue weighted by Crippen LogP contribution is -2.54. The van der Waals surface area contributed by atoms with E-state index in [0.29, 0.717) is 19.4 Å². The van der Waals surface area contributed by atoms with Gasteiger partial charge in [0.15, 0.2) is 0 Å². The predicted octanol–water partition coefficient (Wildman–Crippen LogP) is 2.13. The van der Waals surface area contributed by atoms with Gasteiger partial charge in [-0.05, 0) is 24.8 Å². The molecule has 1 spiro atoms. The molecule has 1 aromatic rings. The van der Waals surface area contributed by atoms with Gasteiger partial charge in [0.25, 0.3) is 5.91 Å². The zero-order valence-corrected chi connectivity index (χ0v) is 15.5. The quantitative estimate of drug-likeness (QED) is 0.797. The van der Waals surface area contributed by atoms with Crippen molar-refractivity contribution in [2.45, 2.75) is 50.6 Å². The molecule has 3 unspecified atom stereocenters. The summed E-state index contributed by atoms with van der Waals surface area (Å²) < 4.78 is 5.61. The molecule has 2 heterocycles. The summed E-state index contributed by atoms with van der Waals surface area (Å²) in [6, 6.07) is 6.95. The van der Waals surface area contributed by atoms with Crippen LogP contribution >= 0.6 is 0 Å². The molecule has 0 radical (unpaired) electrons. The van der Waals surface area contributed by atoms with Gasteiger partial charge in [0.1, 0.15) is 17.8 Å². The largest absolute Gasteiger partial charge is 0.493 e. The third kappa shape index (κ3) is 3.05. The van der Waals surface area contributed by atoms with Crippen molar-refractivity contribution in [2.75, 3.05) is 13.2 Å². The number of urea groups is 1. The van der Waals surface area contributed by atoms with E-state index in [1.807, 2.05) is 31.2 Å². The van der Waals surface area contributed by atoms with Crippen LogP contribution in [0.1, 0.15) is 50.6 Å². The lowest BCUT2D eigenvalue weighted by Gasteiger charge is -2.36. The standard InChI is InChI=1S/C20H25N3O4/c1-13-6-4-5-10-20(13)18(25)23(19(26)22-20)12-17(24)21-15-9-11-27-16-8-3-2-7-14(15)16/h2-3,7-8,13,15H,4-6,9-12H2,1H3,(H,21,24)(H,22,26). The van der Waals surface area contributed by atoms with Gasteiger partial charge in [0.05, 0.1) is 12.6 Å². The van der Waals surface area contributed by atoms with Crippen molar-refractivity contribution >= 4 is 17.8 Å². The Balaban J connectivity index is 1.44. The number of fused-ring (bicyclic) bond motifs is 1. The summed E-state index contributed by atoms with van der Waals surface area (Å²) in [6.45, 7) is 2.27. The normalized spacial score (nSPS) is 29.9. The Kier molecular flexibility index (Phi) is 4.53. The summed E-state index contributed by atoms with van der Waals surface area (Å²) in [5.74, 6) is 0.250. The number of carbonyl (C=O) groups excluding carboxylic acids is 3. The first-order valence-electron chi connectivity index (χ1n) is 9.66. The Morgan fingerprint density at radius 1 is 1.30 bits per heavy atom. The highest BCUT2D eigenvalue weighted by molar-refractivity contribution is 6.09. The van der Waals surface area contributed by atoms with Crippen molar-refractivity contribution in [3.63, 3.8) is 0 Å². The van der Waals surface area contributed by atoms with Gasteiger partial charge in [0, 0.05) is 12.0 Å². The van der Waals surface area contributed by atoms with Gasteiger partial charge in [-0.25, -0.2) is 4.79 Å². The average Bonchev–Trinajstić information content (AvgIpc) is 2.89. The monoisotopic (exact) mass is 371 g/mol. The van der Waals surface area contributed by atoms with Crippen LogP contribution in [0.5, 0.6) is 5.75 Å². The molecule has 0 bridgehead atoms. The molecule has 1 saturated heterocycles. The molecular weight excluding hydrogens is 346 g/mol. The maximum atomic E-state index is 13.0. The molecule has 1 saturated carbocycles. The molecule has 27 heavy (non-hydrogen) atoms. The highest BCUT2D eigenvalue weighted by Gasteiger charge is 2.55. The summed E-state index contributed by atoms with van der Waals surface area (Å²) >= 11 is 0. The summed E-state index contributed by atoms with van der Waals surface area (Å²) in [5, 5.41) is 5.83. The van der Waals surface area contributed by atoms with Crippen LogP contribution < -0.4 is 15.4 Å². The minimum atomic E-state index is -0.832. The van der Waals surface area contributed by atoms with E-state index in [2.05, 4.69) is 10.6 Å². The summed E-state index contributed by atoms with van der Waals surface area (Å²) in [7, 11) is 0. The fourth-order valence-electron chi connectivity index (χ4n) is 4.51. The lowest BCUT2D eigenvalue weighted by atomic mass is 9.73. The summed E-state index contributed by atoms with van der Waals surface area (Å²) in [4.78, 5) is 39.1. The third-order valence-electron chi connectivity index (χ3n) is 6.10. The number of nitrogens with one attached hydrogen (secondary N) is 2. The van der Waals surface area contributed by atoms with Gasteiger partial charge >= 0.3 is 6.03 Å². The molecule has 2 N–H and O–H groups in total. The van der Waals surface area contributed by atoms with Gasteiger partial charge in [0.2, 0.25) is 5.91 Å². The lowest BCUT2D eigenvalue weighted by molar-refractivity contribution is -0.137. The van der Waals surface area contributed by atoms with E-state index in [4.69, 9.17) is 4.74 Å². The van der Waals surface area contributed by atoms with Crippen molar-refractivity contribution in [3.05, 3.63) is 29.8 Å². The summed E-state index contributed by atoms with van der Waals surface area (Å²) in [5.41, 5.74) is 0.0904. The first kappa shape index (κ1) is 17.8.